The number of hydrogen-bond donors (Lipinski definition) is 0. The van der Waals surface area contributed by atoms with E-state index < -0.39 is 0 Å². The van der Waals surface area contributed by atoms with E-state index in [1.807, 2.05) is 49.5 Å². The van der Waals surface area contributed by atoms with Gasteiger partial charge < -0.3 is 18.3 Å². The van der Waals surface area contributed by atoms with Crippen molar-refractivity contribution in [3.8, 4) is 51.1 Å². The van der Waals surface area contributed by atoms with Crippen molar-refractivity contribution in [1.29, 1.82) is 0 Å². The third-order valence-electron chi connectivity index (χ3n) is 9.16. The van der Waals surface area contributed by atoms with Crippen LogP contribution in [0, 0.1) is 0 Å². The molecule has 0 aliphatic rings. The molecule has 9 rings (SSSR count). The molecular formula is C39H30N8. The third-order valence-corrected chi connectivity index (χ3v) is 9.16. The van der Waals surface area contributed by atoms with Crippen LogP contribution in [0.15, 0.2) is 128 Å². The summed E-state index contributed by atoms with van der Waals surface area (Å²) in [7, 11) is 6.11. The largest absolute Gasteiger partial charge is 0.334 e. The molecular weight excluding hydrogens is 580 g/mol. The summed E-state index contributed by atoms with van der Waals surface area (Å²) in [5, 5.41) is 2.37. The minimum Gasteiger partial charge on any atom is -0.334 e. The van der Waals surface area contributed by atoms with E-state index in [4.69, 9.17) is 15.0 Å². The zero-order valence-corrected chi connectivity index (χ0v) is 26.2. The van der Waals surface area contributed by atoms with Crippen LogP contribution in [-0.2, 0) is 21.1 Å². The van der Waals surface area contributed by atoms with E-state index in [-0.39, 0.29) is 0 Å². The number of hydrogen-bond acceptors (Lipinski definition) is 4. The molecule has 0 radical (unpaired) electrons. The molecule has 0 amide bonds. The second kappa shape index (κ2) is 10.4. The maximum atomic E-state index is 5.03. The van der Waals surface area contributed by atoms with Crippen LogP contribution in [0.2, 0.25) is 0 Å². The van der Waals surface area contributed by atoms with Gasteiger partial charge in [-0.15, -0.1) is 0 Å². The summed E-state index contributed by atoms with van der Waals surface area (Å²) < 4.78 is 8.61. The molecule has 8 heteroatoms. The highest BCUT2D eigenvalue weighted by atomic mass is 15.1. The van der Waals surface area contributed by atoms with Gasteiger partial charge in [0.25, 0.3) is 0 Å². The fraction of sp³-hybridized carbons (Fsp3) is 0.0769. The first-order valence-electron chi connectivity index (χ1n) is 15.6. The van der Waals surface area contributed by atoms with Gasteiger partial charge in [0, 0.05) is 85.2 Å². The Kier molecular flexibility index (Phi) is 5.98. The van der Waals surface area contributed by atoms with Crippen LogP contribution in [0.5, 0.6) is 0 Å². The van der Waals surface area contributed by atoms with E-state index in [0.717, 1.165) is 73.2 Å². The monoisotopic (exact) mass is 610 g/mol. The van der Waals surface area contributed by atoms with Gasteiger partial charge >= 0.3 is 0 Å². The number of aryl methyl sites for hydroxylation is 3. The standard InChI is InChI=1S/C39H30N8/c1-44-20-18-40-37(44)27-14-17-31(42-24-27)25-12-16-30(39-41-19-21-45(39)2)36(22-25)47-33-10-6-4-8-28(33)29-15-13-26(23-35(29)47)38-43-32-9-5-7-11-34(32)46(38)3/h4-24H,1-3H3. The van der Waals surface area contributed by atoms with Gasteiger partial charge in [0.05, 0.1) is 33.4 Å². The number of rotatable bonds is 5. The van der Waals surface area contributed by atoms with Gasteiger partial charge in [-0.2, -0.15) is 0 Å². The Morgan fingerprint density at radius 1 is 0.532 bits per heavy atom. The topological polar surface area (TPSA) is 71.3 Å². The average Bonchev–Trinajstić information content (AvgIpc) is 3.89. The number of pyridine rings is 1. The molecule has 0 aliphatic carbocycles. The second-order valence-corrected chi connectivity index (χ2v) is 12.0. The Bertz CT molecular complexity index is 2610. The van der Waals surface area contributed by atoms with E-state index in [1.54, 1.807) is 6.20 Å². The lowest BCUT2D eigenvalue weighted by Gasteiger charge is -2.16. The van der Waals surface area contributed by atoms with Gasteiger partial charge in [0.1, 0.15) is 17.5 Å². The van der Waals surface area contributed by atoms with Gasteiger partial charge in [-0.25, -0.2) is 15.0 Å². The first kappa shape index (κ1) is 27.1. The third kappa shape index (κ3) is 4.22. The number of imidazole rings is 3. The molecule has 226 valence electrons. The van der Waals surface area contributed by atoms with Crippen LogP contribution >= 0.6 is 0 Å². The zero-order valence-electron chi connectivity index (χ0n) is 26.2. The smallest absolute Gasteiger partial charge is 0.141 e. The van der Waals surface area contributed by atoms with Crippen molar-refractivity contribution in [2.45, 2.75) is 0 Å². The highest BCUT2D eigenvalue weighted by Crippen LogP contribution is 2.39. The van der Waals surface area contributed by atoms with Gasteiger partial charge in [-0.3, -0.25) is 4.98 Å². The SMILES string of the molecule is Cn1ccnc1-c1ccc(-c2ccc(-c3nccn3C)c(-n3c4ccccc4c4ccc(-c5nc6ccccc6n5C)cc43)c2)nc1. The molecule has 0 saturated carbocycles. The Balaban J connectivity index is 1.29. The van der Waals surface area contributed by atoms with E-state index in [0.29, 0.717) is 0 Å². The number of benzene rings is 4. The Morgan fingerprint density at radius 2 is 1.23 bits per heavy atom. The molecule has 0 N–H and O–H groups in total. The molecule has 0 spiro atoms. The number of aromatic nitrogens is 8. The lowest BCUT2D eigenvalue weighted by Crippen LogP contribution is -2.02. The maximum absolute atomic E-state index is 5.03. The van der Waals surface area contributed by atoms with E-state index in [9.17, 15) is 0 Å². The number of fused-ring (bicyclic) bond motifs is 4. The predicted molar refractivity (Wildman–Crippen MR) is 188 cm³/mol. The molecule has 0 fully saturated rings. The first-order valence-corrected chi connectivity index (χ1v) is 15.6. The molecule has 0 bridgehead atoms. The normalized spacial score (nSPS) is 11.7. The number of nitrogens with zero attached hydrogens (tertiary/aromatic N) is 8. The summed E-state index contributed by atoms with van der Waals surface area (Å²) in [5.41, 5.74) is 10.3. The van der Waals surface area contributed by atoms with Crippen molar-refractivity contribution in [1.82, 2.24) is 38.2 Å². The summed E-state index contributed by atoms with van der Waals surface area (Å²) in [5.74, 6) is 2.71. The summed E-state index contributed by atoms with van der Waals surface area (Å²) in [6.07, 6.45) is 9.48. The van der Waals surface area contributed by atoms with E-state index in [1.165, 1.54) is 10.8 Å². The predicted octanol–water partition coefficient (Wildman–Crippen LogP) is 8.20. The van der Waals surface area contributed by atoms with Crippen molar-refractivity contribution >= 4 is 32.8 Å². The van der Waals surface area contributed by atoms with Crippen LogP contribution in [0.1, 0.15) is 0 Å². The van der Waals surface area contributed by atoms with Crippen molar-refractivity contribution < 1.29 is 0 Å². The molecule has 0 atom stereocenters. The number of para-hydroxylation sites is 3. The Labute approximate surface area is 270 Å². The van der Waals surface area contributed by atoms with Crippen molar-refractivity contribution in [3.63, 3.8) is 0 Å². The van der Waals surface area contributed by atoms with Gasteiger partial charge in [0.15, 0.2) is 0 Å². The summed E-state index contributed by atoms with van der Waals surface area (Å²) >= 11 is 0. The molecule has 0 unspecified atom stereocenters. The minimum atomic E-state index is 0.886. The van der Waals surface area contributed by atoms with Gasteiger partial charge in [-0.05, 0) is 48.5 Å². The van der Waals surface area contributed by atoms with Crippen LogP contribution < -0.4 is 0 Å². The first-order chi connectivity index (χ1) is 23.0. The van der Waals surface area contributed by atoms with Crippen LogP contribution in [-0.4, -0.2) is 38.2 Å². The molecule has 0 aliphatic heterocycles. The van der Waals surface area contributed by atoms with Gasteiger partial charge in [0.2, 0.25) is 0 Å². The van der Waals surface area contributed by atoms with Crippen molar-refractivity contribution in [2.75, 3.05) is 0 Å². The highest BCUT2D eigenvalue weighted by Gasteiger charge is 2.20. The molecule has 47 heavy (non-hydrogen) atoms. The molecule has 4 aromatic carbocycles. The van der Waals surface area contributed by atoms with E-state index in [2.05, 4.69) is 117 Å². The summed E-state index contributed by atoms with van der Waals surface area (Å²) in [6.45, 7) is 0. The van der Waals surface area contributed by atoms with Crippen LogP contribution in [0.25, 0.3) is 83.9 Å². The van der Waals surface area contributed by atoms with Gasteiger partial charge in [-0.1, -0.05) is 48.5 Å². The van der Waals surface area contributed by atoms with Crippen molar-refractivity contribution in [3.05, 3.63) is 128 Å². The molecule has 5 aromatic heterocycles. The summed E-state index contributed by atoms with van der Waals surface area (Å²) in [6, 6.07) is 34.2. The maximum Gasteiger partial charge on any atom is 0.141 e. The lowest BCUT2D eigenvalue weighted by atomic mass is 10.0. The van der Waals surface area contributed by atoms with Crippen LogP contribution in [0.3, 0.4) is 0 Å². The lowest BCUT2D eigenvalue weighted by molar-refractivity contribution is 0.922. The molecule has 8 nitrogen and oxygen atoms in total. The second-order valence-electron chi connectivity index (χ2n) is 12.0. The molecule has 9 aromatic rings. The zero-order chi connectivity index (χ0) is 31.6. The fourth-order valence-electron chi connectivity index (χ4n) is 6.80. The molecule has 0 saturated heterocycles. The Morgan fingerprint density at radius 3 is 1.98 bits per heavy atom. The fourth-order valence-corrected chi connectivity index (χ4v) is 6.80. The highest BCUT2D eigenvalue weighted by molar-refractivity contribution is 6.10. The average molecular weight is 611 g/mol. The van der Waals surface area contributed by atoms with Crippen molar-refractivity contribution in [2.24, 2.45) is 21.1 Å². The van der Waals surface area contributed by atoms with Crippen LogP contribution in [0.4, 0.5) is 0 Å². The molecule has 5 heterocycles. The summed E-state index contributed by atoms with van der Waals surface area (Å²) in [4.78, 5) is 19.2. The minimum absolute atomic E-state index is 0.886. The Hall–Kier alpha value is -6.28. The van der Waals surface area contributed by atoms with E-state index >= 15 is 0 Å². The quantitative estimate of drug-likeness (QED) is 0.197.